The second-order valence-corrected chi connectivity index (χ2v) is 4.26. The third-order valence-electron chi connectivity index (χ3n) is 3.08. The van der Waals surface area contributed by atoms with Crippen molar-refractivity contribution in [2.24, 2.45) is 0 Å². The number of hydrogen-bond donors (Lipinski definition) is 3. The first-order valence-corrected chi connectivity index (χ1v) is 6.11. The number of aliphatic hydroxyl groups is 1. The van der Waals surface area contributed by atoms with Crippen LogP contribution in [0.2, 0.25) is 0 Å². The van der Waals surface area contributed by atoms with Crippen molar-refractivity contribution in [2.45, 2.75) is 18.9 Å². The number of fused-ring (bicyclic) bond motifs is 1. The topological polar surface area (TPSA) is 70.6 Å². The molecule has 0 fully saturated rings. The van der Waals surface area contributed by atoms with Gasteiger partial charge in [-0.05, 0) is 36.1 Å². The van der Waals surface area contributed by atoms with Gasteiger partial charge >= 0.3 is 6.09 Å². The molecule has 1 unspecified atom stereocenters. The van der Waals surface area contributed by atoms with Gasteiger partial charge in [0.05, 0.1) is 6.54 Å². The molecule has 1 amide bonds. The van der Waals surface area contributed by atoms with Gasteiger partial charge in [-0.25, -0.2) is 4.79 Å². The molecule has 2 rings (SSSR count). The highest BCUT2D eigenvalue weighted by molar-refractivity contribution is 5.70. The number of benzene rings is 1. The summed E-state index contributed by atoms with van der Waals surface area (Å²) < 4.78 is 5.05. The summed E-state index contributed by atoms with van der Waals surface area (Å²) in [6.07, 6.45) is 6.55. The van der Waals surface area contributed by atoms with E-state index in [0.29, 0.717) is 12.3 Å². The molecule has 0 saturated heterocycles. The monoisotopic (exact) mass is 260 g/mol. The van der Waals surface area contributed by atoms with Crippen LogP contribution < -0.4 is 15.4 Å². The lowest BCUT2D eigenvalue weighted by Crippen LogP contribution is -2.27. The summed E-state index contributed by atoms with van der Waals surface area (Å²) in [5, 5.41) is 14.0. The highest BCUT2D eigenvalue weighted by atomic mass is 16.6. The van der Waals surface area contributed by atoms with Crippen LogP contribution in [0.5, 0.6) is 5.75 Å². The van der Waals surface area contributed by atoms with Crippen molar-refractivity contribution in [3.63, 3.8) is 0 Å². The first-order chi connectivity index (χ1) is 9.24. The molecule has 5 heteroatoms. The molecule has 1 aromatic rings. The number of hydrogen-bond acceptors (Lipinski definition) is 4. The van der Waals surface area contributed by atoms with Crippen LogP contribution in [0.4, 0.5) is 4.79 Å². The van der Waals surface area contributed by atoms with Crippen molar-refractivity contribution in [3.8, 4) is 18.1 Å². The molecular weight excluding hydrogens is 244 g/mol. The zero-order valence-corrected chi connectivity index (χ0v) is 10.5. The summed E-state index contributed by atoms with van der Waals surface area (Å²) in [4.78, 5) is 11.2. The Bertz CT molecular complexity index is 508. The number of aliphatic hydroxyl groups excluding tert-OH is 1. The summed E-state index contributed by atoms with van der Waals surface area (Å²) in [5.74, 6) is 3.01. The molecule has 1 aliphatic rings. The molecule has 0 radical (unpaired) electrons. The molecule has 1 atom stereocenters. The van der Waals surface area contributed by atoms with Crippen LogP contribution in [-0.4, -0.2) is 24.5 Å². The van der Waals surface area contributed by atoms with E-state index in [4.69, 9.17) is 16.3 Å². The zero-order chi connectivity index (χ0) is 13.7. The van der Waals surface area contributed by atoms with Crippen LogP contribution in [0.3, 0.4) is 0 Å². The second-order valence-electron chi connectivity index (χ2n) is 4.26. The molecule has 0 aliphatic heterocycles. The van der Waals surface area contributed by atoms with Crippen LogP contribution in [0.25, 0.3) is 0 Å². The summed E-state index contributed by atoms with van der Waals surface area (Å²) in [6, 6.07) is 5.75. The lowest BCUT2D eigenvalue weighted by Gasteiger charge is -2.13. The maximum Gasteiger partial charge on any atom is 0.414 e. The Kier molecular flexibility index (Phi) is 4.39. The van der Waals surface area contributed by atoms with Gasteiger partial charge in [0.1, 0.15) is 12.5 Å². The van der Waals surface area contributed by atoms with Crippen molar-refractivity contribution < 1.29 is 14.6 Å². The Morgan fingerprint density at radius 3 is 3.16 bits per heavy atom. The predicted octanol–water partition coefficient (Wildman–Crippen LogP) is 0.935. The molecular formula is C14H16N2O3. The number of aryl methyl sites for hydroxylation is 1. The Labute approximate surface area is 112 Å². The number of rotatable bonds is 4. The number of terminal acetylenes is 1. The van der Waals surface area contributed by atoms with Crippen LogP contribution in [0.15, 0.2) is 18.2 Å². The van der Waals surface area contributed by atoms with Crippen LogP contribution >= 0.6 is 0 Å². The minimum atomic E-state index is -0.673. The Balaban J connectivity index is 2.09. The van der Waals surface area contributed by atoms with E-state index in [1.165, 1.54) is 5.56 Å². The fourth-order valence-electron chi connectivity index (χ4n) is 2.25. The fraction of sp³-hybridized carbons (Fsp3) is 0.357. The van der Waals surface area contributed by atoms with Crippen LogP contribution in [-0.2, 0) is 6.42 Å². The standard InChI is InChI=1S/C14H16N2O3/c1-2-7-15-13-6-4-10-3-5-11(8-12(10)13)19-14(18)16-9-17/h1,3,5,8,13,15,17H,4,6-7,9H2,(H,16,18). The van der Waals surface area contributed by atoms with Crippen molar-refractivity contribution >= 4 is 6.09 Å². The van der Waals surface area contributed by atoms with Gasteiger partial charge in [-0.1, -0.05) is 12.0 Å². The van der Waals surface area contributed by atoms with Crippen molar-refractivity contribution in [3.05, 3.63) is 29.3 Å². The largest absolute Gasteiger partial charge is 0.414 e. The molecule has 0 saturated carbocycles. The van der Waals surface area contributed by atoms with Crippen molar-refractivity contribution in [2.75, 3.05) is 13.3 Å². The average Bonchev–Trinajstić information content (AvgIpc) is 2.79. The molecule has 0 bridgehead atoms. The third kappa shape index (κ3) is 3.25. The summed E-state index contributed by atoms with van der Waals surface area (Å²) in [7, 11) is 0. The van der Waals surface area contributed by atoms with E-state index in [2.05, 4.69) is 16.6 Å². The van der Waals surface area contributed by atoms with Crippen molar-refractivity contribution in [1.82, 2.24) is 10.6 Å². The zero-order valence-electron chi connectivity index (χ0n) is 10.5. The van der Waals surface area contributed by atoms with Gasteiger partial charge in [0.2, 0.25) is 0 Å². The Hall–Kier alpha value is -2.03. The third-order valence-corrected chi connectivity index (χ3v) is 3.08. The lowest BCUT2D eigenvalue weighted by molar-refractivity contribution is 0.181. The van der Waals surface area contributed by atoms with E-state index in [-0.39, 0.29) is 6.04 Å². The van der Waals surface area contributed by atoms with Crippen molar-refractivity contribution in [1.29, 1.82) is 0 Å². The van der Waals surface area contributed by atoms with Gasteiger partial charge in [0.15, 0.2) is 0 Å². The van der Waals surface area contributed by atoms with Crippen LogP contribution in [0.1, 0.15) is 23.6 Å². The highest BCUT2D eigenvalue weighted by Crippen LogP contribution is 2.33. The summed E-state index contributed by atoms with van der Waals surface area (Å²) in [5.41, 5.74) is 2.36. The molecule has 0 spiro atoms. The number of amides is 1. The Morgan fingerprint density at radius 2 is 2.42 bits per heavy atom. The van der Waals surface area contributed by atoms with E-state index in [0.717, 1.165) is 18.4 Å². The van der Waals surface area contributed by atoms with E-state index >= 15 is 0 Å². The number of ether oxygens (including phenoxy) is 1. The SMILES string of the molecule is C#CCNC1CCc2ccc(OC(=O)NCO)cc21. The minimum Gasteiger partial charge on any atom is -0.410 e. The number of carbonyl (C=O) groups is 1. The predicted molar refractivity (Wildman–Crippen MR) is 70.6 cm³/mol. The van der Waals surface area contributed by atoms with Gasteiger partial charge < -0.3 is 9.84 Å². The fourth-order valence-corrected chi connectivity index (χ4v) is 2.25. The summed E-state index contributed by atoms with van der Waals surface area (Å²) in [6.45, 7) is 0.0658. The van der Waals surface area contributed by atoms with Crippen LogP contribution in [0, 0.1) is 12.3 Å². The number of carbonyl (C=O) groups excluding carboxylic acids is 1. The molecule has 19 heavy (non-hydrogen) atoms. The average molecular weight is 260 g/mol. The Morgan fingerprint density at radius 1 is 1.58 bits per heavy atom. The molecule has 0 heterocycles. The maximum absolute atomic E-state index is 11.2. The molecule has 5 nitrogen and oxygen atoms in total. The van der Waals surface area contributed by atoms with E-state index in [9.17, 15) is 4.79 Å². The normalized spacial score (nSPS) is 16.5. The van der Waals surface area contributed by atoms with E-state index < -0.39 is 12.8 Å². The van der Waals surface area contributed by atoms with Gasteiger partial charge in [0.25, 0.3) is 0 Å². The molecule has 1 aromatic carbocycles. The molecule has 100 valence electrons. The molecule has 1 aliphatic carbocycles. The van der Waals surface area contributed by atoms with Gasteiger partial charge in [-0.3, -0.25) is 10.6 Å². The first kappa shape index (κ1) is 13.4. The van der Waals surface area contributed by atoms with E-state index in [1.54, 1.807) is 6.07 Å². The first-order valence-electron chi connectivity index (χ1n) is 6.11. The molecule has 3 N–H and O–H groups in total. The second kappa shape index (κ2) is 6.23. The number of nitrogens with one attached hydrogen (secondary N) is 2. The lowest BCUT2D eigenvalue weighted by atomic mass is 10.1. The minimum absolute atomic E-state index is 0.204. The van der Waals surface area contributed by atoms with E-state index in [1.807, 2.05) is 12.1 Å². The molecule has 0 aromatic heterocycles. The summed E-state index contributed by atoms with van der Waals surface area (Å²) >= 11 is 0. The maximum atomic E-state index is 11.2. The van der Waals surface area contributed by atoms with Gasteiger partial charge in [0, 0.05) is 6.04 Å². The smallest absolute Gasteiger partial charge is 0.410 e. The van der Waals surface area contributed by atoms with Gasteiger partial charge in [-0.2, -0.15) is 0 Å². The van der Waals surface area contributed by atoms with Gasteiger partial charge in [-0.15, -0.1) is 6.42 Å². The highest BCUT2D eigenvalue weighted by Gasteiger charge is 2.22. The quantitative estimate of drug-likeness (QED) is 0.556.